The van der Waals surface area contributed by atoms with Crippen molar-refractivity contribution in [2.45, 2.75) is 58.6 Å². The summed E-state index contributed by atoms with van der Waals surface area (Å²) in [5, 5.41) is 21.6. The number of aliphatic carboxylic acids is 1. The zero-order valence-corrected chi connectivity index (χ0v) is 12.1. The van der Waals surface area contributed by atoms with Crippen LogP contribution in [0.5, 0.6) is 0 Å². The maximum Gasteiger partial charge on any atom is 0.307 e. The van der Waals surface area contributed by atoms with E-state index in [1.54, 1.807) is 20.8 Å². The van der Waals surface area contributed by atoms with Gasteiger partial charge in [0, 0.05) is 0 Å². The molecule has 1 aliphatic carbocycles. The Morgan fingerprint density at radius 1 is 1.32 bits per heavy atom. The molecule has 0 heterocycles. The van der Waals surface area contributed by atoms with Gasteiger partial charge in [0.15, 0.2) is 0 Å². The van der Waals surface area contributed by atoms with E-state index < -0.39 is 29.4 Å². The second kappa shape index (κ2) is 5.90. The molecule has 110 valence electrons. The molecule has 0 bridgehead atoms. The minimum absolute atomic E-state index is 0.255. The van der Waals surface area contributed by atoms with Crippen molar-refractivity contribution >= 4 is 11.9 Å². The number of nitrogens with one attached hydrogen (secondary N) is 1. The summed E-state index contributed by atoms with van der Waals surface area (Å²) in [5.41, 5.74) is -0.746. The largest absolute Gasteiger partial charge is 0.481 e. The summed E-state index contributed by atoms with van der Waals surface area (Å²) in [5.74, 6) is -1.94. The summed E-state index contributed by atoms with van der Waals surface area (Å²) >= 11 is 0. The van der Waals surface area contributed by atoms with Crippen molar-refractivity contribution in [3.05, 3.63) is 0 Å². The fourth-order valence-corrected chi connectivity index (χ4v) is 2.55. The summed E-state index contributed by atoms with van der Waals surface area (Å²) < 4.78 is 0. The number of carboxylic acids is 1. The Hall–Kier alpha value is -1.10. The SMILES string of the molecule is CCC1C[C@H](C(=O)NC(C)(C)C(C)O)[C@H](C(=O)O)C1. The fraction of sp³-hybridized carbons (Fsp3) is 0.857. The summed E-state index contributed by atoms with van der Waals surface area (Å²) in [7, 11) is 0. The number of aliphatic hydroxyl groups excluding tert-OH is 1. The molecule has 0 aromatic carbocycles. The highest BCUT2D eigenvalue weighted by Crippen LogP contribution is 2.38. The van der Waals surface area contributed by atoms with Crippen LogP contribution in [0.25, 0.3) is 0 Å². The first-order chi connectivity index (χ1) is 8.69. The summed E-state index contributed by atoms with van der Waals surface area (Å²) in [6.45, 7) is 7.09. The van der Waals surface area contributed by atoms with E-state index in [1.807, 2.05) is 6.92 Å². The van der Waals surface area contributed by atoms with E-state index in [2.05, 4.69) is 5.32 Å². The van der Waals surface area contributed by atoms with Gasteiger partial charge in [-0.05, 0) is 39.5 Å². The number of carbonyl (C=O) groups excluding carboxylic acids is 1. The molecule has 1 fully saturated rings. The number of aliphatic hydroxyl groups is 1. The summed E-state index contributed by atoms with van der Waals surface area (Å²) in [6, 6.07) is 0. The smallest absolute Gasteiger partial charge is 0.307 e. The molecule has 1 rings (SSSR count). The van der Waals surface area contributed by atoms with Crippen molar-refractivity contribution in [3.63, 3.8) is 0 Å². The van der Waals surface area contributed by atoms with Gasteiger partial charge in [-0.15, -0.1) is 0 Å². The maximum absolute atomic E-state index is 12.3. The highest BCUT2D eigenvalue weighted by Gasteiger charge is 2.43. The van der Waals surface area contributed by atoms with Crippen LogP contribution in [0.1, 0.15) is 47.0 Å². The molecule has 19 heavy (non-hydrogen) atoms. The maximum atomic E-state index is 12.3. The molecule has 0 saturated heterocycles. The second-order valence-corrected chi connectivity index (χ2v) is 6.18. The zero-order chi connectivity index (χ0) is 14.8. The van der Waals surface area contributed by atoms with Crippen LogP contribution in [0.2, 0.25) is 0 Å². The average molecular weight is 271 g/mol. The predicted octanol–water partition coefficient (Wildman–Crippen LogP) is 1.40. The minimum Gasteiger partial charge on any atom is -0.481 e. The Morgan fingerprint density at radius 2 is 1.84 bits per heavy atom. The normalized spacial score (nSPS) is 29.0. The number of hydrogen-bond donors (Lipinski definition) is 3. The minimum atomic E-state index is -0.897. The molecule has 5 heteroatoms. The standard InChI is InChI=1S/C14H25NO4/c1-5-9-6-10(11(7-9)13(18)19)12(17)15-14(3,4)8(2)16/h8-11,16H,5-7H2,1-4H3,(H,15,17)(H,18,19)/t8?,9?,10-,11+/m0/s1. The lowest BCUT2D eigenvalue weighted by atomic mass is 9.92. The van der Waals surface area contributed by atoms with Crippen LogP contribution in [-0.2, 0) is 9.59 Å². The van der Waals surface area contributed by atoms with Crippen LogP contribution < -0.4 is 5.32 Å². The third-order valence-corrected chi connectivity index (χ3v) is 4.38. The molecule has 2 unspecified atom stereocenters. The number of hydrogen-bond acceptors (Lipinski definition) is 3. The van der Waals surface area contributed by atoms with Crippen LogP contribution in [0, 0.1) is 17.8 Å². The van der Waals surface area contributed by atoms with Gasteiger partial charge in [0.25, 0.3) is 0 Å². The molecule has 5 nitrogen and oxygen atoms in total. The van der Waals surface area contributed by atoms with E-state index in [1.165, 1.54) is 0 Å². The molecular weight excluding hydrogens is 246 g/mol. The van der Waals surface area contributed by atoms with Crippen molar-refractivity contribution < 1.29 is 19.8 Å². The van der Waals surface area contributed by atoms with Crippen molar-refractivity contribution in [1.82, 2.24) is 5.32 Å². The van der Waals surface area contributed by atoms with Gasteiger partial charge in [0.2, 0.25) is 5.91 Å². The fourth-order valence-electron chi connectivity index (χ4n) is 2.55. The van der Waals surface area contributed by atoms with E-state index in [0.717, 1.165) is 6.42 Å². The van der Waals surface area contributed by atoms with Crippen LogP contribution in [0.3, 0.4) is 0 Å². The molecule has 0 aromatic heterocycles. The van der Waals surface area contributed by atoms with E-state index in [4.69, 9.17) is 0 Å². The van der Waals surface area contributed by atoms with Gasteiger partial charge >= 0.3 is 5.97 Å². The van der Waals surface area contributed by atoms with E-state index >= 15 is 0 Å². The lowest BCUT2D eigenvalue weighted by Gasteiger charge is -2.31. The van der Waals surface area contributed by atoms with Crippen LogP contribution in [0.4, 0.5) is 0 Å². The van der Waals surface area contributed by atoms with Crippen molar-refractivity contribution in [1.29, 1.82) is 0 Å². The zero-order valence-electron chi connectivity index (χ0n) is 12.1. The highest BCUT2D eigenvalue weighted by molar-refractivity contribution is 5.85. The quantitative estimate of drug-likeness (QED) is 0.705. The number of carboxylic acid groups (broad SMARTS) is 1. The molecule has 1 aliphatic rings. The molecule has 0 spiro atoms. The van der Waals surface area contributed by atoms with Crippen LogP contribution in [0.15, 0.2) is 0 Å². The Kier molecular flexibility index (Phi) is 4.96. The number of rotatable bonds is 5. The molecule has 1 saturated carbocycles. The Labute approximate surface area is 114 Å². The predicted molar refractivity (Wildman–Crippen MR) is 71.5 cm³/mol. The third kappa shape index (κ3) is 3.69. The van der Waals surface area contributed by atoms with E-state index in [9.17, 15) is 19.8 Å². The van der Waals surface area contributed by atoms with Gasteiger partial charge < -0.3 is 15.5 Å². The molecule has 0 radical (unpaired) electrons. The second-order valence-electron chi connectivity index (χ2n) is 6.18. The molecular formula is C14H25NO4. The van der Waals surface area contributed by atoms with E-state index in [0.29, 0.717) is 18.8 Å². The highest BCUT2D eigenvalue weighted by atomic mass is 16.4. The first-order valence-electron chi connectivity index (χ1n) is 6.92. The molecule has 0 aromatic rings. The molecule has 3 N–H and O–H groups in total. The lowest BCUT2D eigenvalue weighted by molar-refractivity contribution is -0.146. The third-order valence-electron chi connectivity index (χ3n) is 4.38. The Morgan fingerprint density at radius 3 is 2.26 bits per heavy atom. The average Bonchev–Trinajstić information content (AvgIpc) is 2.72. The van der Waals surface area contributed by atoms with E-state index in [-0.39, 0.29) is 5.91 Å². The van der Waals surface area contributed by atoms with Gasteiger partial charge in [0.1, 0.15) is 0 Å². The Balaban J connectivity index is 2.77. The van der Waals surface area contributed by atoms with Crippen LogP contribution in [-0.4, -0.2) is 33.7 Å². The van der Waals surface area contributed by atoms with Crippen molar-refractivity contribution in [2.24, 2.45) is 17.8 Å². The molecule has 4 atom stereocenters. The number of carbonyl (C=O) groups is 2. The topological polar surface area (TPSA) is 86.6 Å². The molecule has 1 amide bonds. The Bertz CT molecular complexity index is 351. The first kappa shape index (κ1) is 16.0. The number of amides is 1. The lowest BCUT2D eigenvalue weighted by Crippen LogP contribution is -2.53. The summed E-state index contributed by atoms with van der Waals surface area (Å²) in [4.78, 5) is 23.5. The summed E-state index contributed by atoms with van der Waals surface area (Å²) in [6.07, 6.45) is 1.39. The van der Waals surface area contributed by atoms with Gasteiger partial charge in [-0.3, -0.25) is 9.59 Å². The van der Waals surface area contributed by atoms with Crippen molar-refractivity contribution in [3.8, 4) is 0 Å². The monoisotopic (exact) mass is 271 g/mol. The van der Waals surface area contributed by atoms with Gasteiger partial charge in [0.05, 0.1) is 23.5 Å². The van der Waals surface area contributed by atoms with Crippen LogP contribution >= 0.6 is 0 Å². The van der Waals surface area contributed by atoms with Crippen molar-refractivity contribution in [2.75, 3.05) is 0 Å². The van der Waals surface area contributed by atoms with Gasteiger partial charge in [-0.25, -0.2) is 0 Å². The van der Waals surface area contributed by atoms with Gasteiger partial charge in [-0.2, -0.15) is 0 Å². The first-order valence-corrected chi connectivity index (χ1v) is 6.92. The molecule has 0 aliphatic heterocycles. The van der Waals surface area contributed by atoms with Gasteiger partial charge in [-0.1, -0.05) is 13.3 Å².